The molecule has 1 fully saturated rings. The first-order valence-electron chi connectivity index (χ1n) is 8.24. The van der Waals surface area contributed by atoms with Crippen molar-refractivity contribution in [3.05, 3.63) is 34.1 Å². The van der Waals surface area contributed by atoms with Gasteiger partial charge in [-0.05, 0) is 44.0 Å². The Kier molecular flexibility index (Phi) is 6.39. The van der Waals surface area contributed by atoms with Gasteiger partial charge in [0.1, 0.15) is 5.82 Å². The number of benzene rings is 1. The van der Waals surface area contributed by atoms with Crippen LogP contribution in [0.3, 0.4) is 0 Å². The number of carbonyl (C=O) groups excluding carboxylic acids is 1. The van der Waals surface area contributed by atoms with E-state index in [4.69, 9.17) is 11.6 Å². The number of Topliss-reactive ketones (excluding diaryl/α,β-unsaturated/α-hetero) is 1. The first-order chi connectivity index (χ1) is 10.5. The average Bonchev–Trinajstić information content (AvgIpc) is 2.51. The SMILES string of the molecule is CCC(C)CC(=O)c1cc(F)c(CN2CCCCC2)c(Cl)c1. The second-order valence-corrected chi connectivity index (χ2v) is 6.80. The second kappa shape index (κ2) is 8.07. The van der Waals surface area contributed by atoms with Crippen LogP contribution in [0.2, 0.25) is 5.02 Å². The summed E-state index contributed by atoms with van der Waals surface area (Å²) in [5.41, 5.74) is 0.911. The van der Waals surface area contributed by atoms with Crippen molar-refractivity contribution in [3.8, 4) is 0 Å². The molecule has 122 valence electrons. The number of hydrogen-bond acceptors (Lipinski definition) is 2. The first-order valence-corrected chi connectivity index (χ1v) is 8.62. The lowest BCUT2D eigenvalue weighted by Crippen LogP contribution is -2.29. The van der Waals surface area contributed by atoms with Gasteiger partial charge in [0.25, 0.3) is 0 Å². The highest BCUT2D eigenvalue weighted by atomic mass is 35.5. The molecule has 1 heterocycles. The quantitative estimate of drug-likeness (QED) is 0.679. The molecular formula is C18H25ClFNO. The van der Waals surface area contributed by atoms with E-state index in [0.29, 0.717) is 35.0 Å². The molecule has 0 bridgehead atoms. The van der Waals surface area contributed by atoms with Crippen LogP contribution in [0, 0.1) is 11.7 Å². The van der Waals surface area contributed by atoms with E-state index in [1.165, 1.54) is 12.5 Å². The maximum Gasteiger partial charge on any atom is 0.163 e. The van der Waals surface area contributed by atoms with Crippen LogP contribution in [0.25, 0.3) is 0 Å². The summed E-state index contributed by atoms with van der Waals surface area (Å²) in [7, 11) is 0. The van der Waals surface area contributed by atoms with Crippen LogP contribution in [-0.2, 0) is 6.54 Å². The van der Waals surface area contributed by atoms with Gasteiger partial charge in [0.15, 0.2) is 5.78 Å². The highest BCUT2D eigenvalue weighted by molar-refractivity contribution is 6.31. The fraction of sp³-hybridized carbons (Fsp3) is 0.611. The molecule has 2 nitrogen and oxygen atoms in total. The summed E-state index contributed by atoms with van der Waals surface area (Å²) in [5.74, 6) is -0.0763. The van der Waals surface area contributed by atoms with Crippen molar-refractivity contribution < 1.29 is 9.18 Å². The smallest absolute Gasteiger partial charge is 0.163 e. The Balaban J connectivity index is 2.12. The normalized spacial score (nSPS) is 17.5. The number of nitrogens with zero attached hydrogens (tertiary/aromatic N) is 1. The van der Waals surface area contributed by atoms with Gasteiger partial charge in [-0.1, -0.05) is 38.3 Å². The van der Waals surface area contributed by atoms with Crippen molar-refractivity contribution in [2.75, 3.05) is 13.1 Å². The number of hydrogen-bond donors (Lipinski definition) is 0. The van der Waals surface area contributed by atoms with Crippen molar-refractivity contribution in [1.29, 1.82) is 0 Å². The summed E-state index contributed by atoms with van der Waals surface area (Å²) < 4.78 is 14.4. The van der Waals surface area contributed by atoms with Gasteiger partial charge in [0.2, 0.25) is 0 Å². The van der Waals surface area contributed by atoms with Crippen molar-refractivity contribution >= 4 is 17.4 Å². The highest BCUT2D eigenvalue weighted by Gasteiger charge is 2.18. The van der Waals surface area contributed by atoms with Crippen LogP contribution in [0.15, 0.2) is 12.1 Å². The van der Waals surface area contributed by atoms with E-state index in [1.54, 1.807) is 6.07 Å². The fourth-order valence-electron chi connectivity index (χ4n) is 2.83. The minimum Gasteiger partial charge on any atom is -0.299 e. The number of halogens is 2. The van der Waals surface area contributed by atoms with Gasteiger partial charge in [0.05, 0.1) is 0 Å². The van der Waals surface area contributed by atoms with Crippen molar-refractivity contribution in [3.63, 3.8) is 0 Å². The lowest BCUT2D eigenvalue weighted by atomic mass is 9.97. The van der Waals surface area contributed by atoms with Gasteiger partial charge in [-0.25, -0.2) is 4.39 Å². The van der Waals surface area contributed by atoms with E-state index in [-0.39, 0.29) is 11.6 Å². The topological polar surface area (TPSA) is 20.3 Å². The van der Waals surface area contributed by atoms with E-state index in [0.717, 1.165) is 32.4 Å². The van der Waals surface area contributed by atoms with E-state index < -0.39 is 0 Å². The Morgan fingerprint density at radius 1 is 1.32 bits per heavy atom. The Hall–Kier alpha value is -0.930. The van der Waals surface area contributed by atoms with Crippen molar-refractivity contribution in [2.24, 2.45) is 5.92 Å². The lowest BCUT2D eigenvalue weighted by molar-refractivity contribution is 0.0963. The Morgan fingerprint density at radius 3 is 2.59 bits per heavy atom. The molecule has 1 aliphatic rings. The molecule has 2 rings (SSSR count). The molecular weight excluding hydrogens is 301 g/mol. The zero-order valence-corrected chi connectivity index (χ0v) is 14.3. The van der Waals surface area contributed by atoms with E-state index in [1.807, 2.05) is 13.8 Å². The van der Waals surface area contributed by atoms with E-state index in [9.17, 15) is 9.18 Å². The Bertz CT molecular complexity index is 503. The molecule has 0 aromatic heterocycles. The molecule has 0 N–H and O–H groups in total. The lowest BCUT2D eigenvalue weighted by Gasteiger charge is -2.27. The minimum atomic E-state index is -0.356. The maximum atomic E-state index is 14.4. The van der Waals surface area contributed by atoms with Gasteiger partial charge in [-0.3, -0.25) is 9.69 Å². The number of likely N-dealkylation sites (tertiary alicyclic amines) is 1. The zero-order chi connectivity index (χ0) is 16.1. The standard InChI is InChI=1S/C18H25ClFNO/c1-3-13(2)9-18(22)14-10-16(19)15(17(20)11-14)12-21-7-5-4-6-8-21/h10-11,13H,3-9,12H2,1-2H3. The van der Waals surface area contributed by atoms with Crippen LogP contribution in [0.5, 0.6) is 0 Å². The molecule has 4 heteroatoms. The molecule has 22 heavy (non-hydrogen) atoms. The predicted molar refractivity (Wildman–Crippen MR) is 88.9 cm³/mol. The summed E-state index contributed by atoms with van der Waals surface area (Å²) >= 11 is 6.25. The Morgan fingerprint density at radius 2 is 2.00 bits per heavy atom. The number of ketones is 1. The molecule has 0 spiro atoms. The predicted octanol–water partition coefficient (Wildman–Crippen LogP) is 5.08. The third-order valence-electron chi connectivity index (χ3n) is 4.52. The zero-order valence-electron chi connectivity index (χ0n) is 13.5. The summed E-state index contributed by atoms with van der Waals surface area (Å²) in [4.78, 5) is 14.4. The number of piperidine rings is 1. The van der Waals surface area contributed by atoms with Crippen molar-refractivity contribution in [2.45, 2.75) is 52.5 Å². The van der Waals surface area contributed by atoms with Crippen molar-refractivity contribution in [1.82, 2.24) is 4.90 Å². The van der Waals surface area contributed by atoms with Crippen LogP contribution < -0.4 is 0 Å². The molecule has 0 saturated carbocycles. The van der Waals surface area contributed by atoms with Gasteiger partial charge < -0.3 is 0 Å². The van der Waals surface area contributed by atoms with E-state index >= 15 is 0 Å². The average molecular weight is 326 g/mol. The second-order valence-electron chi connectivity index (χ2n) is 6.40. The third kappa shape index (κ3) is 4.53. The molecule has 1 aliphatic heterocycles. The van der Waals surface area contributed by atoms with Gasteiger partial charge in [0, 0.05) is 29.1 Å². The summed E-state index contributed by atoms with van der Waals surface area (Å²) in [5, 5.41) is 0.373. The van der Waals surface area contributed by atoms with Crippen LogP contribution in [0.1, 0.15) is 61.9 Å². The van der Waals surface area contributed by atoms with Crippen LogP contribution >= 0.6 is 11.6 Å². The summed E-state index contributed by atoms with van der Waals surface area (Å²) in [6, 6.07) is 2.99. The molecule has 0 aliphatic carbocycles. The number of carbonyl (C=O) groups is 1. The molecule has 1 unspecified atom stereocenters. The molecule has 1 aromatic rings. The fourth-order valence-corrected chi connectivity index (χ4v) is 3.10. The first kappa shape index (κ1) is 17.4. The largest absolute Gasteiger partial charge is 0.299 e. The molecule has 1 saturated heterocycles. The third-order valence-corrected chi connectivity index (χ3v) is 4.86. The number of rotatable bonds is 6. The highest BCUT2D eigenvalue weighted by Crippen LogP contribution is 2.26. The minimum absolute atomic E-state index is 0.0281. The van der Waals surface area contributed by atoms with Gasteiger partial charge in [-0.2, -0.15) is 0 Å². The van der Waals surface area contributed by atoms with Crippen LogP contribution in [0.4, 0.5) is 4.39 Å². The Labute approximate surface area is 137 Å². The monoisotopic (exact) mass is 325 g/mol. The van der Waals surface area contributed by atoms with E-state index in [2.05, 4.69) is 4.90 Å². The maximum absolute atomic E-state index is 14.4. The molecule has 1 aromatic carbocycles. The molecule has 1 atom stereocenters. The summed E-state index contributed by atoms with van der Waals surface area (Å²) in [6.45, 7) is 6.59. The molecule has 0 radical (unpaired) electrons. The molecule has 0 amide bonds. The van der Waals surface area contributed by atoms with Gasteiger partial charge >= 0.3 is 0 Å². The van der Waals surface area contributed by atoms with Crippen LogP contribution in [-0.4, -0.2) is 23.8 Å². The summed E-state index contributed by atoms with van der Waals surface area (Å²) in [6.07, 6.45) is 4.94. The van der Waals surface area contributed by atoms with Gasteiger partial charge in [-0.15, -0.1) is 0 Å².